The van der Waals surface area contributed by atoms with Crippen LogP contribution in [0.25, 0.3) is 6.08 Å². The van der Waals surface area contributed by atoms with Gasteiger partial charge in [0.15, 0.2) is 0 Å². The number of rotatable bonds is 3. The number of aromatic nitrogens is 1. The van der Waals surface area contributed by atoms with Gasteiger partial charge in [-0.15, -0.1) is 0 Å². The van der Waals surface area contributed by atoms with E-state index in [0.29, 0.717) is 0 Å². The Labute approximate surface area is 100 Å². The Bertz CT molecular complexity index is 430. The van der Waals surface area contributed by atoms with Gasteiger partial charge in [-0.3, -0.25) is 9.78 Å². The molecule has 0 aliphatic carbocycles. The van der Waals surface area contributed by atoms with Crippen molar-refractivity contribution in [2.45, 2.75) is 26.4 Å². The van der Waals surface area contributed by atoms with E-state index in [4.69, 9.17) is 4.74 Å². The lowest BCUT2D eigenvalue weighted by atomic mass is 10.2. The molecule has 0 spiro atoms. The summed E-state index contributed by atoms with van der Waals surface area (Å²) in [4.78, 5) is 26.6. The van der Waals surface area contributed by atoms with Crippen LogP contribution < -0.4 is 0 Å². The van der Waals surface area contributed by atoms with E-state index < -0.39 is 17.4 Å². The van der Waals surface area contributed by atoms with Gasteiger partial charge in [-0.1, -0.05) is 6.07 Å². The molecule has 1 rings (SSSR count). The largest absolute Gasteiger partial charge is 0.454 e. The van der Waals surface area contributed by atoms with Gasteiger partial charge in [0, 0.05) is 12.4 Å². The predicted octanol–water partition coefficient (Wildman–Crippen LogP) is 2.01. The summed E-state index contributed by atoms with van der Waals surface area (Å²) in [5.74, 6) is -1.53. The molecular weight excluding hydrogens is 218 g/mol. The van der Waals surface area contributed by atoms with Crippen LogP contribution in [0.2, 0.25) is 0 Å². The van der Waals surface area contributed by atoms with Crippen LogP contribution in [0.15, 0.2) is 30.6 Å². The molecule has 0 N–H and O–H groups in total. The van der Waals surface area contributed by atoms with E-state index in [1.54, 1.807) is 45.3 Å². The van der Waals surface area contributed by atoms with Crippen LogP contribution >= 0.6 is 0 Å². The van der Waals surface area contributed by atoms with Crippen LogP contribution in [0.4, 0.5) is 0 Å². The summed E-state index contributed by atoms with van der Waals surface area (Å²) in [6.07, 6.45) is 5.94. The number of pyridine rings is 1. The Morgan fingerprint density at radius 2 is 2.06 bits per heavy atom. The highest BCUT2D eigenvalue weighted by molar-refractivity contribution is 6.39. The van der Waals surface area contributed by atoms with Crippen molar-refractivity contribution in [2.75, 3.05) is 0 Å². The normalized spacial score (nSPS) is 11.5. The topological polar surface area (TPSA) is 56.3 Å². The number of ether oxygens (including phenoxy) is 1. The maximum absolute atomic E-state index is 11.4. The number of nitrogens with zero attached hydrogens (tertiary/aromatic N) is 1. The Hall–Kier alpha value is -1.97. The summed E-state index contributed by atoms with van der Waals surface area (Å²) in [6.45, 7) is 5.13. The third-order valence-corrected chi connectivity index (χ3v) is 1.71. The van der Waals surface area contributed by atoms with E-state index in [-0.39, 0.29) is 0 Å². The fraction of sp³-hybridized carbons (Fsp3) is 0.308. The van der Waals surface area contributed by atoms with Gasteiger partial charge in [0.05, 0.1) is 0 Å². The van der Waals surface area contributed by atoms with E-state index in [0.717, 1.165) is 5.56 Å². The van der Waals surface area contributed by atoms with Crippen LogP contribution in [-0.4, -0.2) is 22.3 Å². The number of hydrogen-bond acceptors (Lipinski definition) is 4. The van der Waals surface area contributed by atoms with Crippen molar-refractivity contribution in [1.82, 2.24) is 4.98 Å². The summed E-state index contributed by atoms with van der Waals surface area (Å²) in [5.41, 5.74) is 0.0962. The molecule has 0 aliphatic heterocycles. The molecule has 0 saturated heterocycles. The van der Waals surface area contributed by atoms with Gasteiger partial charge in [-0.05, 0) is 44.6 Å². The number of hydrogen-bond donors (Lipinski definition) is 0. The monoisotopic (exact) mass is 233 g/mol. The first-order chi connectivity index (χ1) is 7.88. The third-order valence-electron chi connectivity index (χ3n) is 1.71. The zero-order valence-electron chi connectivity index (χ0n) is 10.1. The maximum Gasteiger partial charge on any atom is 0.379 e. The molecule has 1 aromatic rings. The van der Waals surface area contributed by atoms with Crippen LogP contribution in [0.5, 0.6) is 0 Å². The first kappa shape index (κ1) is 13.1. The molecular formula is C13H15NO3. The maximum atomic E-state index is 11.4. The first-order valence-electron chi connectivity index (χ1n) is 5.24. The average Bonchev–Trinajstić information content (AvgIpc) is 2.25. The summed E-state index contributed by atoms with van der Waals surface area (Å²) in [5, 5.41) is 0. The van der Waals surface area contributed by atoms with Gasteiger partial charge in [-0.25, -0.2) is 4.79 Å². The Balaban J connectivity index is 2.61. The molecule has 0 radical (unpaired) electrons. The second-order valence-corrected chi connectivity index (χ2v) is 4.49. The lowest BCUT2D eigenvalue weighted by Gasteiger charge is -2.18. The van der Waals surface area contributed by atoms with Gasteiger partial charge in [0.1, 0.15) is 5.60 Å². The van der Waals surface area contributed by atoms with Crippen LogP contribution in [-0.2, 0) is 14.3 Å². The summed E-state index contributed by atoms with van der Waals surface area (Å²) >= 11 is 0. The molecule has 0 atom stereocenters. The molecule has 90 valence electrons. The molecule has 0 aliphatic rings. The SMILES string of the molecule is CC(C)(C)OC(=O)C(=O)/C=C/c1cccnc1. The van der Waals surface area contributed by atoms with E-state index in [9.17, 15) is 9.59 Å². The molecule has 4 heteroatoms. The minimum Gasteiger partial charge on any atom is -0.454 e. The van der Waals surface area contributed by atoms with E-state index in [1.165, 1.54) is 12.2 Å². The lowest BCUT2D eigenvalue weighted by Crippen LogP contribution is -2.27. The Morgan fingerprint density at radius 3 is 2.59 bits per heavy atom. The number of esters is 1. The number of carbonyl (C=O) groups excluding carboxylic acids is 2. The first-order valence-corrected chi connectivity index (χ1v) is 5.24. The molecule has 0 saturated carbocycles. The van der Waals surface area contributed by atoms with Crippen molar-refractivity contribution in [1.29, 1.82) is 0 Å². The predicted molar refractivity (Wildman–Crippen MR) is 64.1 cm³/mol. The Morgan fingerprint density at radius 1 is 1.35 bits per heavy atom. The quantitative estimate of drug-likeness (QED) is 0.455. The fourth-order valence-electron chi connectivity index (χ4n) is 1.04. The van der Waals surface area contributed by atoms with Crippen LogP contribution in [0.3, 0.4) is 0 Å². The highest BCUT2D eigenvalue weighted by atomic mass is 16.6. The smallest absolute Gasteiger partial charge is 0.379 e. The third kappa shape index (κ3) is 5.06. The molecule has 0 fully saturated rings. The summed E-state index contributed by atoms with van der Waals surface area (Å²) in [7, 11) is 0. The highest BCUT2D eigenvalue weighted by Crippen LogP contribution is 2.07. The molecule has 17 heavy (non-hydrogen) atoms. The number of carbonyl (C=O) groups is 2. The van der Waals surface area contributed by atoms with E-state index in [2.05, 4.69) is 4.98 Å². The molecule has 0 aromatic carbocycles. The van der Waals surface area contributed by atoms with E-state index in [1.807, 2.05) is 0 Å². The zero-order valence-corrected chi connectivity index (χ0v) is 10.1. The molecule has 1 aromatic heterocycles. The van der Waals surface area contributed by atoms with Crippen molar-refractivity contribution in [3.05, 3.63) is 36.2 Å². The standard InChI is InChI=1S/C13H15NO3/c1-13(2,3)17-12(16)11(15)7-6-10-5-4-8-14-9-10/h4-9H,1-3H3/b7-6+. The second kappa shape index (κ2) is 5.39. The highest BCUT2D eigenvalue weighted by Gasteiger charge is 2.20. The Kier molecular flexibility index (Phi) is 4.15. The molecule has 1 heterocycles. The molecule has 0 amide bonds. The van der Waals surface area contributed by atoms with Crippen molar-refractivity contribution in [2.24, 2.45) is 0 Å². The minimum absolute atomic E-state index is 0.658. The fourth-order valence-corrected chi connectivity index (χ4v) is 1.04. The van der Waals surface area contributed by atoms with E-state index >= 15 is 0 Å². The lowest BCUT2D eigenvalue weighted by molar-refractivity contribution is -0.160. The van der Waals surface area contributed by atoms with Crippen molar-refractivity contribution in [3.63, 3.8) is 0 Å². The average molecular weight is 233 g/mol. The second-order valence-electron chi connectivity index (χ2n) is 4.49. The van der Waals surface area contributed by atoms with Gasteiger partial charge < -0.3 is 4.74 Å². The van der Waals surface area contributed by atoms with Crippen molar-refractivity contribution >= 4 is 17.8 Å². The summed E-state index contributed by atoms with van der Waals surface area (Å²) < 4.78 is 4.93. The van der Waals surface area contributed by atoms with Crippen molar-refractivity contribution < 1.29 is 14.3 Å². The summed E-state index contributed by atoms with van der Waals surface area (Å²) in [6, 6.07) is 3.53. The van der Waals surface area contributed by atoms with Gasteiger partial charge >= 0.3 is 5.97 Å². The molecule has 4 nitrogen and oxygen atoms in total. The zero-order chi connectivity index (χ0) is 12.9. The molecule has 0 bridgehead atoms. The minimum atomic E-state index is -0.849. The number of ketones is 1. The molecule has 0 unspecified atom stereocenters. The van der Waals surface area contributed by atoms with Gasteiger partial charge in [-0.2, -0.15) is 0 Å². The van der Waals surface area contributed by atoms with Crippen molar-refractivity contribution in [3.8, 4) is 0 Å². The van der Waals surface area contributed by atoms with Gasteiger partial charge in [0.25, 0.3) is 5.78 Å². The van der Waals surface area contributed by atoms with Crippen LogP contribution in [0, 0.1) is 0 Å². The van der Waals surface area contributed by atoms with Crippen LogP contribution in [0.1, 0.15) is 26.3 Å². The van der Waals surface area contributed by atoms with Gasteiger partial charge in [0.2, 0.25) is 0 Å².